The Morgan fingerprint density at radius 1 is 0.857 bits per heavy atom. The van der Waals surface area contributed by atoms with Crippen molar-refractivity contribution >= 4 is 27.7 Å². The second-order valence-electron chi connectivity index (χ2n) is 7.56. The highest BCUT2D eigenvalue weighted by Crippen LogP contribution is 2.39. The van der Waals surface area contributed by atoms with Crippen LogP contribution in [0.25, 0.3) is 0 Å². The number of ether oxygens (including phenoxy) is 5. The zero-order valence-corrected chi connectivity index (χ0v) is 21.5. The van der Waals surface area contributed by atoms with Gasteiger partial charge in [-0.15, -0.1) is 0 Å². The average molecular weight is 543 g/mol. The van der Waals surface area contributed by atoms with Gasteiger partial charge in [0.05, 0.1) is 14.2 Å². The second kappa shape index (κ2) is 12.4. The summed E-state index contributed by atoms with van der Waals surface area (Å²) < 4.78 is 27.5. The summed E-state index contributed by atoms with van der Waals surface area (Å²) in [5, 5.41) is 0. The number of ketones is 1. The normalized spacial score (nSPS) is 12.4. The third-order valence-corrected chi connectivity index (χ3v) is 6.12. The summed E-state index contributed by atoms with van der Waals surface area (Å²) in [4.78, 5) is 24.4. The van der Waals surface area contributed by atoms with Gasteiger partial charge in [-0.1, -0.05) is 58.4 Å². The summed E-state index contributed by atoms with van der Waals surface area (Å²) in [6, 6.07) is 20.2. The number of halogens is 1. The van der Waals surface area contributed by atoms with Gasteiger partial charge >= 0.3 is 5.97 Å². The number of carbonyl (C=O) groups excluding carboxylic acids is 2. The first-order chi connectivity index (χ1) is 16.9. The zero-order chi connectivity index (χ0) is 25.4. The Hall–Kier alpha value is -3.36. The van der Waals surface area contributed by atoms with E-state index in [1.54, 1.807) is 6.07 Å². The van der Waals surface area contributed by atoms with Crippen molar-refractivity contribution in [1.29, 1.82) is 0 Å². The fourth-order valence-electron chi connectivity index (χ4n) is 3.52. The molecule has 0 bridgehead atoms. The quantitative estimate of drug-likeness (QED) is 0.136. The maximum atomic E-state index is 13.6. The van der Waals surface area contributed by atoms with Crippen LogP contribution < -0.4 is 18.9 Å². The van der Waals surface area contributed by atoms with E-state index in [2.05, 4.69) is 15.9 Å². The molecule has 0 aliphatic carbocycles. The van der Waals surface area contributed by atoms with Gasteiger partial charge in [0.25, 0.3) is 0 Å². The van der Waals surface area contributed by atoms with Crippen LogP contribution in [0.15, 0.2) is 66.7 Å². The molecule has 3 aromatic carbocycles. The van der Waals surface area contributed by atoms with E-state index in [1.165, 1.54) is 34.3 Å². The van der Waals surface area contributed by atoms with Crippen molar-refractivity contribution < 1.29 is 33.3 Å². The van der Waals surface area contributed by atoms with E-state index in [4.69, 9.17) is 23.7 Å². The van der Waals surface area contributed by atoms with Crippen molar-refractivity contribution in [3.8, 4) is 23.0 Å². The number of esters is 1. The molecule has 0 radical (unpaired) electrons. The van der Waals surface area contributed by atoms with Gasteiger partial charge in [0.1, 0.15) is 46.1 Å². The minimum absolute atomic E-state index is 0.0441. The molecule has 0 aliphatic heterocycles. The van der Waals surface area contributed by atoms with Crippen molar-refractivity contribution in [2.75, 3.05) is 21.3 Å². The molecule has 2 atom stereocenters. The molecule has 0 fully saturated rings. The number of alkyl halides is 1. The van der Waals surface area contributed by atoms with Crippen molar-refractivity contribution in [3.63, 3.8) is 0 Å². The van der Waals surface area contributed by atoms with Gasteiger partial charge in [0.15, 0.2) is 5.78 Å². The maximum Gasteiger partial charge on any atom is 0.308 e. The zero-order valence-electron chi connectivity index (χ0n) is 19.9. The third-order valence-electron chi connectivity index (χ3n) is 5.22. The smallest absolute Gasteiger partial charge is 0.308 e. The van der Waals surface area contributed by atoms with E-state index in [1.807, 2.05) is 54.6 Å². The first-order valence-electron chi connectivity index (χ1n) is 10.8. The summed E-state index contributed by atoms with van der Waals surface area (Å²) in [5.41, 5.74) is 1.93. The van der Waals surface area contributed by atoms with Gasteiger partial charge in [-0.25, -0.2) is 0 Å². The van der Waals surface area contributed by atoms with E-state index < -0.39 is 16.9 Å². The standard InChI is InChI=1S/C27H27BrO7/c1-17(29)35-23-15-21(31-2)14-22(32-3)24(23)26(30)25(28)27(33-4)19-10-12-20(13-11-19)34-16-18-8-6-5-7-9-18/h5-15,25,27H,16H2,1-4H3. The van der Waals surface area contributed by atoms with E-state index >= 15 is 0 Å². The van der Waals surface area contributed by atoms with Crippen LogP contribution in [0, 0.1) is 0 Å². The molecule has 184 valence electrons. The molecule has 0 saturated carbocycles. The fraction of sp³-hybridized carbons (Fsp3) is 0.259. The van der Waals surface area contributed by atoms with Crippen molar-refractivity contribution in [2.24, 2.45) is 0 Å². The molecule has 35 heavy (non-hydrogen) atoms. The topological polar surface area (TPSA) is 80.3 Å². The molecule has 7 nitrogen and oxygen atoms in total. The predicted molar refractivity (Wildman–Crippen MR) is 135 cm³/mol. The third kappa shape index (κ3) is 6.61. The van der Waals surface area contributed by atoms with Crippen LogP contribution in [-0.4, -0.2) is 37.9 Å². The molecule has 0 N–H and O–H groups in total. The first kappa shape index (κ1) is 26.2. The minimum Gasteiger partial charge on any atom is -0.496 e. The van der Waals surface area contributed by atoms with E-state index in [-0.39, 0.29) is 22.8 Å². The highest BCUT2D eigenvalue weighted by molar-refractivity contribution is 9.10. The number of carbonyl (C=O) groups is 2. The molecular weight excluding hydrogens is 516 g/mol. The molecule has 0 amide bonds. The Kier molecular flexibility index (Phi) is 9.28. The van der Waals surface area contributed by atoms with Gasteiger partial charge in [-0.05, 0) is 23.3 Å². The molecule has 3 aromatic rings. The predicted octanol–water partition coefficient (Wildman–Crippen LogP) is 5.54. The van der Waals surface area contributed by atoms with E-state index in [0.717, 1.165) is 11.1 Å². The van der Waals surface area contributed by atoms with Crippen LogP contribution in [-0.2, 0) is 16.1 Å². The Morgan fingerprint density at radius 3 is 2.09 bits per heavy atom. The van der Waals surface area contributed by atoms with Crippen LogP contribution in [0.2, 0.25) is 0 Å². The van der Waals surface area contributed by atoms with Crippen LogP contribution in [0.3, 0.4) is 0 Å². The minimum atomic E-state index is -0.805. The second-order valence-corrected chi connectivity index (χ2v) is 8.55. The maximum absolute atomic E-state index is 13.6. The van der Waals surface area contributed by atoms with Gasteiger partial charge in [0, 0.05) is 26.2 Å². The highest BCUT2D eigenvalue weighted by atomic mass is 79.9. The summed E-state index contributed by atoms with van der Waals surface area (Å²) in [6.07, 6.45) is -0.636. The van der Waals surface area contributed by atoms with Crippen LogP contribution in [0.5, 0.6) is 23.0 Å². The number of hydrogen-bond acceptors (Lipinski definition) is 7. The fourth-order valence-corrected chi connectivity index (χ4v) is 4.27. The van der Waals surface area contributed by atoms with Crippen LogP contribution in [0.4, 0.5) is 0 Å². The summed E-state index contributed by atoms with van der Waals surface area (Å²) >= 11 is 3.49. The van der Waals surface area contributed by atoms with E-state index in [0.29, 0.717) is 18.1 Å². The van der Waals surface area contributed by atoms with Gasteiger partial charge in [-0.3, -0.25) is 9.59 Å². The Balaban J connectivity index is 1.83. The lowest BCUT2D eigenvalue weighted by molar-refractivity contribution is -0.131. The Morgan fingerprint density at radius 2 is 1.51 bits per heavy atom. The molecule has 0 aliphatic rings. The van der Waals surface area contributed by atoms with Crippen molar-refractivity contribution in [3.05, 3.63) is 83.4 Å². The van der Waals surface area contributed by atoms with E-state index in [9.17, 15) is 9.59 Å². The monoisotopic (exact) mass is 542 g/mol. The molecule has 8 heteroatoms. The molecule has 2 unspecified atom stereocenters. The summed E-state index contributed by atoms with van der Waals surface area (Å²) in [6.45, 7) is 1.70. The molecular formula is C27H27BrO7. The van der Waals surface area contributed by atoms with Crippen molar-refractivity contribution in [2.45, 2.75) is 24.5 Å². The number of benzene rings is 3. The first-order valence-corrected chi connectivity index (χ1v) is 11.7. The average Bonchev–Trinajstić information content (AvgIpc) is 2.87. The Bertz CT molecular complexity index is 1150. The van der Waals surface area contributed by atoms with Crippen LogP contribution >= 0.6 is 15.9 Å². The summed E-state index contributed by atoms with van der Waals surface area (Å²) in [7, 11) is 4.41. The molecule has 0 saturated heterocycles. The van der Waals surface area contributed by atoms with Gasteiger partial charge in [0.2, 0.25) is 0 Å². The van der Waals surface area contributed by atoms with Gasteiger partial charge in [-0.2, -0.15) is 0 Å². The SMILES string of the molecule is COc1cc(OC)c(C(=O)C(Br)C(OC)c2ccc(OCc3ccccc3)cc2)c(OC(C)=O)c1. The molecule has 0 heterocycles. The number of methoxy groups -OCH3 is 3. The number of rotatable bonds is 11. The molecule has 3 rings (SSSR count). The van der Waals surface area contributed by atoms with Gasteiger partial charge < -0.3 is 23.7 Å². The summed E-state index contributed by atoms with van der Waals surface area (Å²) in [5.74, 6) is 0.387. The Labute approximate surface area is 213 Å². The lowest BCUT2D eigenvalue weighted by Crippen LogP contribution is -2.25. The van der Waals surface area contributed by atoms with Crippen molar-refractivity contribution in [1.82, 2.24) is 0 Å². The van der Waals surface area contributed by atoms with Crippen LogP contribution in [0.1, 0.15) is 34.5 Å². The lowest BCUT2D eigenvalue weighted by atomic mass is 9.98. The number of Topliss-reactive ketones (excluding diaryl/α,β-unsaturated/α-hetero) is 1. The lowest BCUT2D eigenvalue weighted by Gasteiger charge is -2.23. The molecule has 0 spiro atoms. The number of hydrogen-bond donors (Lipinski definition) is 0. The largest absolute Gasteiger partial charge is 0.496 e. The molecule has 0 aromatic heterocycles. The highest BCUT2D eigenvalue weighted by Gasteiger charge is 2.33.